The number of halogens is 6. The lowest BCUT2D eigenvalue weighted by atomic mass is 9.83. The molecule has 14 heteroatoms. The molecule has 0 radical (unpaired) electrons. The van der Waals surface area contributed by atoms with Crippen molar-refractivity contribution in [2.24, 2.45) is 11.0 Å². The van der Waals surface area contributed by atoms with E-state index in [1.807, 2.05) is 23.8 Å². The number of anilines is 1. The fourth-order valence-corrected chi connectivity index (χ4v) is 8.05. The van der Waals surface area contributed by atoms with Crippen LogP contribution in [-0.4, -0.2) is 81.8 Å². The van der Waals surface area contributed by atoms with E-state index < -0.39 is 29.5 Å². The summed E-state index contributed by atoms with van der Waals surface area (Å²) in [5.74, 6) is 0.626. The third-order valence-corrected chi connectivity index (χ3v) is 10.5. The van der Waals surface area contributed by atoms with Crippen LogP contribution in [0.5, 0.6) is 0 Å². The van der Waals surface area contributed by atoms with Gasteiger partial charge in [0.15, 0.2) is 0 Å². The van der Waals surface area contributed by atoms with Crippen LogP contribution in [0, 0.1) is 5.92 Å². The van der Waals surface area contributed by atoms with Crippen LogP contribution in [0.25, 0.3) is 0 Å². The van der Waals surface area contributed by atoms with Crippen molar-refractivity contribution in [1.82, 2.24) is 24.8 Å². The van der Waals surface area contributed by atoms with Crippen molar-refractivity contribution in [3.8, 4) is 0 Å². The summed E-state index contributed by atoms with van der Waals surface area (Å²) in [6.07, 6.45) is 4.00. The molecule has 48 heavy (non-hydrogen) atoms. The first-order valence-corrected chi connectivity index (χ1v) is 17.0. The molecule has 4 atom stereocenters. The summed E-state index contributed by atoms with van der Waals surface area (Å²) in [6, 6.07) is 1.26. The number of hydrogen-bond acceptors (Lipinski definition) is 6. The average Bonchev–Trinajstić information content (AvgIpc) is 3.83. The molecule has 6 rings (SSSR count). The van der Waals surface area contributed by atoms with Crippen molar-refractivity contribution < 1.29 is 31.1 Å². The smallest absolute Gasteiger partial charge is 0.332 e. The molecule has 2 aromatic rings. The molecule has 1 aliphatic carbocycles. The zero-order valence-corrected chi connectivity index (χ0v) is 27.3. The Morgan fingerprint density at radius 2 is 1.56 bits per heavy atom. The molecule has 0 N–H and O–H groups in total. The SMILES string of the molecule is CC[C@@H]1C[C@H](N(Cc2cc(C(F)(F)F)cc(C(F)(F)F)c2)c2ncc(C3C=NN(C)C3)cn2)CN1C(=O)N1CCCC1C1CCCCC1. The first-order chi connectivity index (χ1) is 22.8. The quantitative estimate of drug-likeness (QED) is 0.283. The van der Waals surface area contributed by atoms with Gasteiger partial charge in [0.2, 0.25) is 5.95 Å². The van der Waals surface area contributed by atoms with E-state index in [-0.39, 0.29) is 54.7 Å². The van der Waals surface area contributed by atoms with E-state index in [1.165, 1.54) is 19.3 Å². The highest BCUT2D eigenvalue weighted by atomic mass is 19.4. The molecule has 1 saturated carbocycles. The zero-order chi connectivity index (χ0) is 34.2. The van der Waals surface area contributed by atoms with E-state index in [0.717, 1.165) is 43.4 Å². The van der Waals surface area contributed by atoms with E-state index in [0.29, 0.717) is 31.8 Å². The maximum Gasteiger partial charge on any atom is 0.416 e. The Labute approximate surface area is 277 Å². The van der Waals surface area contributed by atoms with Crippen molar-refractivity contribution in [2.75, 3.05) is 31.6 Å². The summed E-state index contributed by atoms with van der Waals surface area (Å²) in [7, 11) is 1.84. The molecule has 8 nitrogen and oxygen atoms in total. The predicted octanol–water partition coefficient (Wildman–Crippen LogP) is 7.55. The summed E-state index contributed by atoms with van der Waals surface area (Å²) in [4.78, 5) is 28.9. The molecule has 1 aromatic heterocycles. The second-order valence-corrected chi connectivity index (χ2v) is 13.8. The van der Waals surface area contributed by atoms with Gasteiger partial charge in [-0.25, -0.2) is 14.8 Å². The summed E-state index contributed by atoms with van der Waals surface area (Å²) in [5, 5.41) is 6.04. The van der Waals surface area contributed by atoms with E-state index >= 15 is 0 Å². The molecule has 3 aliphatic heterocycles. The van der Waals surface area contributed by atoms with Gasteiger partial charge in [-0.05, 0) is 73.8 Å². The van der Waals surface area contributed by atoms with Crippen LogP contribution in [-0.2, 0) is 18.9 Å². The van der Waals surface area contributed by atoms with Gasteiger partial charge >= 0.3 is 18.4 Å². The van der Waals surface area contributed by atoms with Crippen LogP contribution < -0.4 is 4.90 Å². The highest BCUT2D eigenvalue weighted by Gasteiger charge is 2.44. The van der Waals surface area contributed by atoms with Crippen LogP contribution in [0.2, 0.25) is 0 Å². The second-order valence-electron chi connectivity index (χ2n) is 13.8. The third kappa shape index (κ3) is 7.36. The largest absolute Gasteiger partial charge is 0.416 e. The number of aromatic nitrogens is 2. The number of benzene rings is 1. The molecule has 2 saturated heterocycles. The Balaban J connectivity index is 1.31. The Morgan fingerprint density at radius 1 is 0.896 bits per heavy atom. The number of amides is 2. The van der Waals surface area contributed by atoms with E-state index in [4.69, 9.17) is 0 Å². The first kappa shape index (κ1) is 34.3. The van der Waals surface area contributed by atoms with Gasteiger partial charge in [-0.3, -0.25) is 5.01 Å². The van der Waals surface area contributed by atoms with Gasteiger partial charge in [-0.2, -0.15) is 31.4 Å². The minimum absolute atomic E-state index is 0.0308. The van der Waals surface area contributed by atoms with Gasteiger partial charge in [-0.1, -0.05) is 26.2 Å². The molecule has 1 aromatic carbocycles. The van der Waals surface area contributed by atoms with Crippen LogP contribution in [0.15, 0.2) is 35.7 Å². The molecule has 2 unspecified atom stereocenters. The van der Waals surface area contributed by atoms with Gasteiger partial charge in [0.1, 0.15) is 0 Å². The van der Waals surface area contributed by atoms with E-state index in [1.54, 1.807) is 28.5 Å². The standard InChI is InChI=1S/C34H43F6N7O/c1-3-28-15-29(21-47(28)32(48)45-11-7-10-30(45)23-8-5-4-6-9-23)46(31-41-16-24(17-42-31)25-18-43-44(2)20-25)19-22-12-26(33(35,36)37)14-27(13-22)34(38,39)40/h12-14,16-18,23,25,28-30H,3-11,15,19-21H2,1-2H3/t25?,28-,29+,30?/m1/s1. The number of carbonyl (C=O) groups excluding carboxylic acids is 1. The molecular formula is C34H43F6N7O. The van der Waals surface area contributed by atoms with E-state index in [9.17, 15) is 31.1 Å². The van der Waals surface area contributed by atoms with Crippen LogP contribution in [0.1, 0.15) is 92.9 Å². The maximum atomic E-state index is 14.2. The number of carbonyl (C=O) groups is 1. The molecule has 2 amide bonds. The normalized spacial score (nSPS) is 25.4. The summed E-state index contributed by atoms with van der Waals surface area (Å²) >= 11 is 0. The van der Waals surface area contributed by atoms with Crippen molar-refractivity contribution in [2.45, 2.75) is 108 Å². The molecular weight excluding hydrogens is 636 g/mol. The van der Waals surface area contributed by atoms with Crippen molar-refractivity contribution in [1.29, 1.82) is 0 Å². The Hall–Kier alpha value is -3.58. The maximum absolute atomic E-state index is 14.2. The number of urea groups is 1. The minimum atomic E-state index is -4.97. The van der Waals surface area contributed by atoms with E-state index in [2.05, 4.69) is 15.1 Å². The van der Waals surface area contributed by atoms with Crippen LogP contribution in [0.3, 0.4) is 0 Å². The summed E-state index contributed by atoms with van der Waals surface area (Å²) in [6.45, 7) is 3.29. The lowest BCUT2D eigenvalue weighted by Gasteiger charge is -2.37. The Morgan fingerprint density at radius 3 is 2.15 bits per heavy atom. The molecule has 262 valence electrons. The highest BCUT2D eigenvalue weighted by Crippen LogP contribution is 2.39. The number of hydrazone groups is 1. The van der Waals surface area contributed by atoms with Crippen LogP contribution in [0.4, 0.5) is 37.1 Å². The summed E-state index contributed by atoms with van der Waals surface area (Å²) in [5.41, 5.74) is -2.11. The number of rotatable bonds is 7. The average molecular weight is 680 g/mol. The molecule has 3 fully saturated rings. The molecule has 0 spiro atoms. The minimum Gasteiger partial charge on any atom is -0.332 e. The number of likely N-dealkylation sites (tertiary alicyclic amines) is 2. The second kappa shape index (κ2) is 13.7. The molecule has 0 bridgehead atoms. The molecule has 4 aliphatic rings. The fourth-order valence-electron chi connectivity index (χ4n) is 8.05. The van der Waals surface area contributed by atoms with Gasteiger partial charge in [0.25, 0.3) is 0 Å². The number of hydrogen-bond donors (Lipinski definition) is 0. The monoisotopic (exact) mass is 679 g/mol. The van der Waals surface area contributed by atoms with Crippen LogP contribution >= 0.6 is 0 Å². The lowest BCUT2D eigenvalue weighted by molar-refractivity contribution is -0.143. The predicted molar refractivity (Wildman–Crippen MR) is 169 cm³/mol. The van der Waals surface area contributed by atoms with Crippen molar-refractivity contribution in [3.63, 3.8) is 0 Å². The number of alkyl halides is 6. The Bertz CT molecular complexity index is 1430. The summed E-state index contributed by atoms with van der Waals surface area (Å²) < 4.78 is 82.8. The number of likely N-dealkylation sites (N-methyl/N-ethyl adjacent to an activating group) is 1. The van der Waals surface area contributed by atoms with Gasteiger partial charge in [-0.15, -0.1) is 0 Å². The molecule has 4 heterocycles. The number of nitrogens with zero attached hydrogens (tertiary/aromatic N) is 7. The topological polar surface area (TPSA) is 68.2 Å². The fraction of sp³-hybridized carbons (Fsp3) is 0.647. The van der Waals surface area contributed by atoms with Gasteiger partial charge < -0.3 is 14.7 Å². The van der Waals surface area contributed by atoms with Gasteiger partial charge in [0, 0.05) is 69.8 Å². The lowest BCUT2D eigenvalue weighted by Crippen LogP contribution is -2.50. The third-order valence-electron chi connectivity index (χ3n) is 10.5. The van der Waals surface area contributed by atoms with Crippen molar-refractivity contribution >= 4 is 18.2 Å². The first-order valence-electron chi connectivity index (χ1n) is 17.0. The van der Waals surface area contributed by atoms with Crippen molar-refractivity contribution in [3.05, 3.63) is 52.8 Å². The zero-order valence-electron chi connectivity index (χ0n) is 27.3. The van der Waals surface area contributed by atoms with Gasteiger partial charge in [0.05, 0.1) is 17.2 Å². The highest BCUT2D eigenvalue weighted by molar-refractivity contribution is 5.76. The Kier molecular flexibility index (Phi) is 9.81.